The summed E-state index contributed by atoms with van der Waals surface area (Å²) in [5, 5.41) is 8.68. The Kier molecular flexibility index (Phi) is 3.00. The highest BCUT2D eigenvalue weighted by Crippen LogP contribution is 2.33. The molecule has 1 unspecified atom stereocenters. The van der Waals surface area contributed by atoms with Crippen LogP contribution in [-0.2, 0) is 6.42 Å². The van der Waals surface area contributed by atoms with Gasteiger partial charge in [-0.1, -0.05) is 36.4 Å². The van der Waals surface area contributed by atoms with Crippen LogP contribution >= 0.6 is 0 Å². The fraction of sp³-hybridized carbons (Fsp3) is 0.385. The minimum absolute atomic E-state index is 0.255. The van der Waals surface area contributed by atoms with Crippen LogP contribution in [0.4, 0.5) is 0 Å². The number of aryl methyl sites for hydroxylation is 1. The first-order valence-corrected chi connectivity index (χ1v) is 5.27. The number of hydrogen-bond acceptors (Lipinski definition) is 1. The average Bonchev–Trinajstić information content (AvgIpc) is 2.63. The van der Waals surface area contributed by atoms with Crippen molar-refractivity contribution in [3.63, 3.8) is 0 Å². The minimum Gasteiger partial charge on any atom is -0.396 e. The van der Waals surface area contributed by atoms with Gasteiger partial charge in [-0.15, -0.1) is 0 Å². The third kappa shape index (κ3) is 1.88. The van der Waals surface area contributed by atoms with Crippen LogP contribution in [0, 0.1) is 0 Å². The SMILES string of the molecule is OCC/C=C/C1CCc2ccccc21. The number of allylic oxidation sites excluding steroid dienone is 1. The second kappa shape index (κ2) is 4.43. The van der Waals surface area contributed by atoms with Gasteiger partial charge < -0.3 is 5.11 Å². The van der Waals surface area contributed by atoms with Gasteiger partial charge in [-0.2, -0.15) is 0 Å². The number of aliphatic hydroxyl groups is 1. The molecule has 0 radical (unpaired) electrons. The van der Waals surface area contributed by atoms with Crippen LogP contribution in [0.15, 0.2) is 36.4 Å². The van der Waals surface area contributed by atoms with E-state index in [0.717, 1.165) is 6.42 Å². The maximum absolute atomic E-state index is 8.68. The Hall–Kier alpha value is -1.08. The molecule has 1 aromatic carbocycles. The molecule has 1 aliphatic rings. The molecule has 0 spiro atoms. The van der Waals surface area contributed by atoms with Crippen LogP contribution < -0.4 is 0 Å². The zero-order chi connectivity index (χ0) is 9.80. The molecule has 74 valence electrons. The molecule has 1 heteroatoms. The molecule has 1 aliphatic carbocycles. The van der Waals surface area contributed by atoms with Gasteiger partial charge in [0.15, 0.2) is 0 Å². The summed E-state index contributed by atoms with van der Waals surface area (Å²) >= 11 is 0. The quantitative estimate of drug-likeness (QED) is 0.723. The van der Waals surface area contributed by atoms with Crippen molar-refractivity contribution in [3.05, 3.63) is 47.5 Å². The van der Waals surface area contributed by atoms with Gasteiger partial charge >= 0.3 is 0 Å². The predicted octanol–water partition coefficient (Wildman–Crippen LogP) is 2.66. The fourth-order valence-electron chi connectivity index (χ4n) is 2.13. The van der Waals surface area contributed by atoms with Crippen molar-refractivity contribution in [3.8, 4) is 0 Å². The summed E-state index contributed by atoms with van der Waals surface area (Å²) in [7, 11) is 0. The summed E-state index contributed by atoms with van der Waals surface area (Å²) in [6.45, 7) is 0.255. The molecular formula is C13H16O. The van der Waals surface area contributed by atoms with E-state index >= 15 is 0 Å². The van der Waals surface area contributed by atoms with Gasteiger partial charge in [0.25, 0.3) is 0 Å². The molecule has 0 aromatic heterocycles. The highest BCUT2D eigenvalue weighted by atomic mass is 16.2. The molecule has 1 atom stereocenters. The Balaban J connectivity index is 2.10. The third-order valence-corrected chi connectivity index (χ3v) is 2.84. The summed E-state index contributed by atoms with van der Waals surface area (Å²) in [6.07, 6.45) is 7.53. The Labute approximate surface area is 85.1 Å². The summed E-state index contributed by atoms with van der Waals surface area (Å²) < 4.78 is 0. The van der Waals surface area contributed by atoms with Crippen LogP contribution in [0.3, 0.4) is 0 Å². The lowest BCUT2D eigenvalue weighted by atomic mass is 10.0. The fourth-order valence-corrected chi connectivity index (χ4v) is 2.13. The van der Waals surface area contributed by atoms with E-state index in [0.29, 0.717) is 5.92 Å². The first-order chi connectivity index (χ1) is 6.92. The molecular weight excluding hydrogens is 172 g/mol. The van der Waals surface area contributed by atoms with Gasteiger partial charge in [0.1, 0.15) is 0 Å². The van der Waals surface area contributed by atoms with Crippen molar-refractivity contribution in [1.82, 2.24) is 0 Å². The maximum Gasteiger partial charge on any atom is 0.0465 e. The molecule has 2 rings (SSSR count). The van der Waals surface area contributed by atoms with E-state index in [2.05, 4.69) is 36.4 Å². The Morgan fingerprint density at radius 1 is 1.36 bits per heavy atom. The van der Waals surface area contributed by atoms with Crippen LogP contribution in [0.2, 0.25) is 0 Å². The lowest BCUT2D eigenvalue weighted by molar-refractivity contribution is 0.302. The van der Waals surface area contributed by atoms with Crippen LogP contribution in [0.1, 0.15) is 29.9 Å². The molecule has 1 aromatic rings. The van der Waals surface area contributed by atoms with Crippen molar-refractivity contribution in [2.45, 2.75) is 25.2 Å². The molecule has 1 nitrogen and oxygen atoms in total. The molecule has 0 amide bonds. The second-order valence-corrected chi connectivity index (χ2v) is 3.78. The normalized spacial score (nSPS) is 20.2. The molecule has 1 N–H and O–H groups in total. The zero-order valence-electron chi connectivity index (χ0n) is 8.32. The van der Waals surface area contributed by atoms with Crippen LogP contribution in [0.25, 0.3) is 0 Å². The van der Waals surface area contributed by atoms with E-state index in [1.54, 1.807) is 0 Å². The highest BCUT2D eigenvalue weighted by molar-refractivity contribution is 5.37. The Morgan fingerprint density at radius 3 is 3.07 bits per heavy atom. The topological polar surface area (TPSA) is 20.2 Å². The minimum atomic E-state index is 0.255. The van der Waals surface area contributed by atoms with E-state index in [4.69, 9.17) is 5.11 Å². The molecule has 14 heavy (non-hydrogen) atoms. The average molecular weight is 188 g/mol. The summed E-state index contributed by atoms with van der Waals surface area (Å²) in [5.41, 5.74) is 2.97. The predicted molar refractivity (Wildman–Crippen MR) is 58.3 cm³/mol. The van der Waals surface area contributed by atoms with Gasteiger partial charge in [0, 0.05) is 12.5 Å². The molecule has 0 aliphatic heterocycles. The molecule has 0 saturated heterocycles. The third-order valence-electron chi connectivity index (χ3n) is 2.84. The van der Waals surface area contributed by atoms with Crippen LogP contribution in [0.5, 0.6) is 0 Å². The molecule has 0 fully saturated rings. The maximum atomic E-state index is 8.68. The Bertz CT molecular complexity index is 328. The number of aliphatic hydroxyl groups excluding tert-OH is 1. The van der Waals surface area contributed by atoms with Gasteiger partial charge in [-0.05, 0) is 30.4 Å². The largest absolute Gasteiger partial charge is 0.396 e. The Morgan fingerprint density at radius 2 is 2.21 bits per heavy atom. The number of fused-ring (bicyclic) bond motifs is 1. The van der Waals surface area contributed by atoms with Crippen LogP contribution in [-0.4, -0.2) is 11.7 Å². The van der Waals surface area contributed by atoms with Gasteiger partial charge in [0.05, 0.1) is 0 Å². The lowest BCUT2D eigenvalue weighted by Gasteiger charge is -2.04. The smallest absolute Gasteiger partial charge is 0.0465 e. The van der Waals surface area contributed by atoms with E-state index in [-0.39, 0.29) is 6.61 Å². The summed E-state index contributed by atoms with van der Waals surface area (Å²) in [4.78, 5) is 0. The monoisotopic (exact) mass is 188 g/mol. The van der Waals surface area contributed by atoms with Crippen molar-refractivity contribution in [2.75, 3.05) is 6.61 Å². The second-order valence-electron chi connectivity index (χ2n) is 3.78. The van der Waals surface area contributed by atoms with Gasteiger partial charge in [-0.25, -0.2) is 0 Å². The van der Waals surface area contributed by atoms with Crippen molar-refractivity contribution >= 4 is 0 Å². The first-order valence-electron chi connectivity index (χ1n) is 5.27. The summed E-state index contributed by atoms with van der Waals surface area (Å²) in [5.74, 6) is 0.581. The first kappa shape index (κ1) is 9.47. The van der Waals surface area contributed by atoms with E-state index in [1.165, 1.54) is 24.0 Å². The standard InChI is InChI=1S/C13H16O/c14-10-4-3-6-12-9-8-11-5-1-2-7-13(11)12/h1-3,5-7,12,14H,4,8-10H2/b6-3+. The lowest BCUT2D eigenvalue weighted by Crippen LogP contribution is -1.88. The zero-order valence-corrected chi connectivity index (χ0v) is 8.32. The molecule has 0 heterocycles. The van der Waals surface area contributed by atoms with Gasteiger partial charge in [0.2, 0.25) is 0 Å². The highest BCUT2D eigenvalue weighted by Gasteiger charge is 2.18. The van der Waals surface area contributed by atoms with Crippen molar-refractivity contribution in [1.29, 1.82) is 0 Å². The number of rotatable bonds is 3. The number of benzene rings is 1. The van der Waals surface area contributed by atoms with E-state index in [1.807, 2.05) is 0 Å². The van der Waals surface area contributed by atoms with E-state index < -0.39 is 0 Å². The van der Waals surface area contributed by atoms with Crippen molar-refractivity contribution in [2.24, 2.45) is 0 Å². The molecule has 0 bridgehead atoms. The van der Waals surface area contributed by atoms with Crippen molar-refractivity contribution < 1.29 is 5.11 Å². The van der Waals surface area contributed by atoms with E-state index in [9.17, 15) is 0 Å². The number of hydrogen-bond donors (Lipinski definition) is 1. The molecule has 0 saturated carbocycles. The summed E-state index contributed by atoms with van der Waals surface area (Å²) in [6, 6.07) is 8.65. The van der Waals surface area contributed by atoms with Gasteiger partial charge in [-0.3, -0.25) is 0 Å².